The van der Waals surface area contributed by atoms with E-state index in [-0.39, 0.29) is 151 Å². The van der Waals surface area contributed by atoms with Crippen LogP contribution in [0.5, 0.6) is 23.5 Å². The SMILES string of the molecule is CCOC(=O)C(C)(C)NP1(=O)OC[C@H]2O[C@@H](n3cnc4c(OCC)nc(N)nc43)[C@](C)(F)[C@@H]2O1.CCOC(=O)C(C)(C)N[P@@]1(=O)OC[C@H]2O[C@@H](n3cnc4c(OCC)nc(N)nc43)[C@](C)(F)[C@@H]2O1.CCOC(=O)C(C)(C)N[P@]1(=O)OC[C@H]2O[C@@H](n3cnc4c(OCC)nc(N)nc43)[C@](C)(F)[C@@H]2O1.CCOc1nc(N)nc2c1ncn2[C@@H]1O[C@@H]2COP(=O)(N[C@@H](CC)COC(=O)C(C)C)O[C@H]2[C@@]1(C)F. The fraction of sp³-hybridized carbons (Fsp3) is 0.692. The number of hydrogen-bond donors (Lipinski definition) is 8. The van der Waals surface area contributed by atoms with E-state index in [1.54, 1.807) is 62.3 Å². The first-order valence-electron chi connectivity index (χ1n) is 44.2. The highest BCUT2D eigenvalue weighted by Crippen LogP contribution is 2.63. The molecule has 764 valence electrons. The van der Waals surface area contributed by atoms with Gasteiger partial charge in [-0.25, -0.2) is 76.1 Å². The zero-order chi connectivity index (χ0) is 101. The second-order valence-corrected chi connectivity index (χ2v) is 41.7. The van der Waals surface area contributed by atoms with Gasteiger partial charge in [-0.15, -0.1) is 0 Å². The fourth-order valence-electron chi connectivity index (χ4n) is 15.9. The predicted octanol–water partition coefficient (Wildman–Crippen LogP) is 8.19. The average Bonchev–Trinajstić information content (AvgIpc) is 1.59. The van der Waals surface area contributed by atoms with Crippen molar-refractivity contribution < 1.29 is 148 Å². The maximum atomic E-state index is 16.3. The maximum absolute atomic E-state index is 16.3. The maximum Gasteiger partial charge on any atom is 0.407 e. The number of aromatic nitrogens is 16. The molecule has 21 atom stereocenters. The van der Waals surface area contributed by atoms with E-state index in [2.05, 4.69) is 80.2 Å². The first-order chi connectivity index (χ1) is 64.7. The average molecular weight is 2040 g/mol. The normalized spacial score (nSPS) is 31.3. The van der Waals surface area contributed by atoms with E-state index in [1.165, 1.54) is 113 Å². The number of alkyl halides is 4. The van der Waals surface area contributed by atoms with E-state index in [0.29, 0.717) is 38.4 Å². The van der Waals surface area contributed by atoms with Crippen LogP contribution in [0.15, 0.2) is 25.3 Å². The Balaban J connectivity index is 0.000000155. The number of ether oxygens (including phenoxy) is 12. The molecule has 8 aliphatic rings. The van der Waals surface area contributed by atoms with Gasteiger partial charge in [0.2, 0.25) is 47.3 Å². The number of nitrogen functional groups attached to an aromatic ring is 4. The van der Waals surface area contributed by atoms with Crippen molar-refractivity contribution in [1.29, 1.82) is 0 Å². The number of nitrogens with zero attached hydrogens (tertiary/aromatic N) is 16. The smallest absolute Gasteiger partial charge is 0.407 e. The molecule has 8 aromatic heterocycles. The Bertz CT molecular complexity index is 5580. The van der Waals surface area contributed by atoms with Gasteiger partial charge >= 0.3 is 54.9 Å². The summed E-state index contributed by atoms with van der Waals surface area (Å²) >= 11 is 0. The number of nitrogens with two attached hydrogens (primary N) is 4. The van der Waals surface area contributed by atoms with E-state index in [4.69, 9.17) is 116 Å². The van der Waals surface area contributed by atoms with Crippen molar-refractivity contribution >= 4 is 123 Å². The molecule has 52 nitrogen and oxygen atoms in total. The second kappa shape index (κ2) is 40.8. The number of carbonyl (C=O) groups excluding carboxylic acids is 4. The summed E-state index contributed by atoms with van der Waals surface area (Å²) in [5.74, 6) is -2.31. The molecule has 8 aliphatic heterocycles. The van der Waals surface area contributed by atoms with E-state index < -0.39 is 168 Å². The molecule has 0 radical (unpaired) electrons. The van der Waals surface area contributed by atoms with Crippen LogP contribution >= 0.6 is 31.0 Å². The van der Waals surface area contributed by atoms with Crippen LogP contribution in [-0.4, -0.2) is 275 Å². The number of carbonyl (C=O) groups is 4. The van der Waals surface area contributed by atoms with E-state index in [9.17, 15) is 37.4 Å². The molecule has 0 spiro atoms. The van der Waals surface area contributed by atoms with Crippen LogP contribution < -0.4 is 62.2 Å². The zero-order valence-electron chi connectivity index (χ0n) is 79.3. The molecule has 60 heteroatoms. The highest BCUT2D eigenvalue weighted by atomic mass is 31.2. The van der Waals surface area contributed by atoms with Gasteiger partial charge in [0.15, 0.2) is 92.2 Å². The minimum absolute atomic E-state index is 0.0331. The fourth-order valence-corrected chi connectivity index (χ4v) is 23.6. The molecule has 0 aliphatic carbocycles. The molecule has 16 heterocycles. The lowest BCUT2D eigenvalue weighted by molar-refractivity contribution is -0.150. The summed E-state index contributed by atoms with van der Waals surface area (Å²) in [6.07, 6.45) is -7.79. The van der Waals surface area contributed by atoms with Crippen LogP contribution in [0.2, 0.25) is 0 Å². The number of anilines is 4. The van der Waals surface area contributed by atoms with Crippen LogP contribution in [0.4, 0.5) is 41.4 Å². The predicted molar refractivity (Wildman–Crippen MR) is 476 cm³/mol. The third kappa shape index (κ3) is 21.6. The summed E-state index contributed by atoms with van der Waals surface area (Å²) in [5.41, 5.74) is 12.2. The van der Waals surface area contributed by atoms with Gasteiger partial charge in [-0.2, -0.15) is 39.9 Å². The van der Waals surface area contributed by atoms with Crippen molar-refractivity contribution in [1.82, 2.24) is 98.4 Å². The molecule has 8 saturated heterocycles. The van der Waals surface area contributed by atoms with Crippen molar-refractivity contribution in [3.63, 3.8) is 0 Å². The Labute approximate surface area is 787 Å². The van der Waals surface area contributed by atoms with Gasteiger partial charge < -0.3 is 79.8 Å². The van der Waals surface area contributed by atoms with E-state index in [1.807, 2.05) is 6.92 Å². The summed E-state index contributed by atoms with van der Waals surface area (Å²) in [6, 6.07) is -0.520. The zero-order valence-corrected chi connectivity index (χ0v) is 82.9. The van der Waals surface area contributed by atoms with Gasteiger partial charge in [-0.1, -0.05) is 20.8 Å². The molecular formula is C78H116F4N24O28P4. The first-order valence-corrected chi connectivity index (χ1v) is 50.4. The molecule has 8 aromatic rings. The third-order valence-corrected chi connectivity index (χ3v) is 29.6. The van der Waals surface area contributed by atoms with Crippen molar-refractivity contribution in [3.05, 3.63) is 25.3 Å². The molecule has 0 bridgehead atoms. The molecule has 12 N–H and O–H groups in total. The molecule has 0 amide bonds. The van der Waals surface area contributed by atoms with Crippen LogP contribution in [0.3, 0.4) is 0 Å². The van der Waals surface area contributed by atoms with Crippen molar-refractivity contribution in [2.75, 3.05) is 102 Å². The van der Waals surface area contributed by atoms with Gasteiger partial charge in [0, 0.05) is 0 Å². The number of nitrogens with one attached hydrogen (secondary N) is 4. The van der Waals surface area contributed by atoms with Gasteiger partial charge in [-0.05, 0) is 124 Å². The Morgan fingerprint density at radius 1 is 0.406 bits per heavy atom. The molecule has 138 heavy (non-hydrogen) atoms. The Morgan fingerprint density at radius 3 is 0.870 bits per heavy atom. The van der Waals surface area contributed by atoms with Crippen LogP contribution in [0.1, 0.15) is 170 Å². The van der Waals surface area contributed by atoms with Gasteiger partial charge in [0.25, 0.3) is 0 Å². The summed E-state index contributed by atoms with van der Waals surface area (Å²) in [4.78, 5) is 98.2. The number of hydrogen-bond acceptors (Lipinski definition) is 44. The molecule has 2 unspecified atom stereocenters. The van der Waals surface area contributed by atoms with Crippen molar-refractivity contribution in [2.24, 2.45) is 5.92 Å². The Morgan fingerprint density at radius 2 is 0.645 bits per heavy atom. The Kier molecular flexibility index (Phi) is 31.3. The summed E-state index contributed by atoms with van der Waals surface area (Å²) in [5, 5.41) is 10.4. The monoisotopic (exact) mass is 2040 g/mol. The van der Waals surface area contributed by atoms with E-state index >= 15 is 17.6 Å². The molecule has 8 fully saturated rings. The number of esters is 4. The quantitative estimate of drug-likeness (QED) is 0.00909. The van der Waals surface area contributed by atoms with Crippen LogP contribution in [0, 0.1) is 5.92 Å². The summed E-state index contributed by atoms with van der Waals surface area (Å²) in [7, 11) is -16.2. The second-order valence-electron chi connectivity index (χ2n) is 35.0. The molecule has 0 aromatic carbocycles. The van der Waals surface area contributed by atoms with Gasteiger partial charge in [-0.3, -0.25) is 73.6 Å². The number of fused-ring (bicyclic) bond motifs is 8. The summed E-state index contributed by atoms with van der Waals surface area (Å²) in [6.45, 7) is 31.9. The number of halogens is 4. The minimum Gasteiger partial charge on any atom is -0.476 e. The van der Waals surface area contributed by atoms with Crippen LogP contribution in [-0.2, 0) is 112 Å². The molecular weight excluding hydrogens is 1920 g/mol. The van der Waals surface area contributed by atoms with Crippen molar-refractivity contribution in [2.45, 2.75) is 264 Å². The van der Waals surface area contributed by atoms with E-state index in [0.717, 1.165) is 0 Å². The van der Waals surface area contributed by atoms with Gasteiger partial charge in [0.1, 0.15) is 72.1 Å². The first kappa shape index (κ1) is 106. The molecule has 0 saturated carbocycles. The number of rotatable bonds is 30. The van der Waals surface area contributed by atoms with Crippen LogP contribution in [0.25, 0.3) is 44.7 Å². The highest BCUT2D eigenvalue weighted by Gasteiger charge is 2.67. The lowest BCUT2D eigenvalue weighted by Gasteiger charge is -2.37. The lowest BCUT2D eigenvalue weighted by Crippen LogP contribution is -2.51. The third-order valence-electron chi connectivity index (χ3n) is 22.5. The molecule has 16 rings (SSSR count). The Hall–Kier alpha value is -9.52. The topological polar surface area (TPSA) is 648 Å². The number of imidazole rings is 4. The van der Waals surface area contributed by atoms with Gasteiger partial charge in [0.05, 0.1) is 110 Å². The largest absolute Gasteiger partial charge is 0.476 e. The minimum atomic E-state index is -4.10. The summed E-state index contributed by atoms with van der Waals surface area (Å²) < 4.78 is 234. The standard InChI is InChI=1S/C21H32FN6O7P.3C19H28FN6O7P/c1-6-12(8-32-18(29)11(3)4)27-36(30)33-9-13-15(35-36)21(5,22)19(34-13)28-10-24-14-16(28)25-20(23)26-17(14)31-7-2;3*1-6-29-14-11-13(23-17(21)24-14)26(9-22-11)15-19(5,20)12-10(32-15)8-31-34(28,33-12)25-18(3,4)16(27)30-7-2/h10-13,15,19H,6-9H2,1-5H3,(H,27,30)(H2,23,25,26);3*9-10,12,15H,6-8H2,1-5H3,(H,25,28)(H2,21,23,24)/t12-,13+,15+,19+,21+,36?;10-,12-,15-,19-,34?;10-,12-,15-,19-,34+;10-,12-,15-,19-,34-/m0111/s1. The lowest BCUT2D eigenvalue weighted by atomic mass is 9.98. The van der Waals surface area contributed by atoms with Crippen molar-refractivity contribution in [3.8, 4) is 23.5 Å². The highest BCUT2D eigenvalue weighted by molar-refractivity contribution is 7.52.